The molecule has 7 nitrogen and oxygen atoms in total. The average Bonchev–Trinajstić information content (AvgIpc) is 3.19. The monoisotopic (exact) mass is 532 g/mol. The molecule has 39 heavy (non-hydrogen) atoms. The fraction of sp³-hybridized carbons (Fsp3) is 0.594. The van der Waals surface area contributed by atoms with E-state index in [0.717, 1.165) is 57.8 Å². The van der Waals surface area contributed by atoms with Crippen LogP contribution >= 0.6 is 0 Å². The van der Waals surface area contributed by atoms with Crippen LogP contribution in [0.1, 0.15) is 83.6 Å². The van der Waals surface area contributed by atoms with Crippen molar-refractivity contribution < 1.29 is 14.7 Å². The van der Waals surface area contributed by atoms with Gasteiger partial charge in [-0.3, -0.25) is 9.78 Å². The highest BCUT2D eigenvalue weighted by Crippen LogP contribution is 2.51. The van der Waals surface area contributed by atoms with Gasteiger partial charge in [-0.1, -0.05) is 50.6 Å². The smallest absolute Gasteiger partial charge is 0.320 e. The van der Waals surface area contributed by atoms with E-state index < -0.39 is 5.60 Å². The highest BCUT2D eigenvalue weighted by Gasteiger charge is 2.56. The fourth-order valence-corrected chi connectivity index (χ4v) is 7.06. The number of hydrogen-bond acceptors (Lipinski definition) is 4. The van der Waals surface area contributed by atoms with Gasteiger partial charge >= 0.3 is 6.03 Å². The molecule has 1 saturated heterocycles. The molecule has 1 aliphatic heterocycles. The zero-order valence-corrected chi connectivity index (χ0v) is 23.6. The van der Waals surface area contributed by atoms with Crippen molar-refractivity contribution in [2.75, 3.05) is 25.0 Å². The van der Waals surface area contributed by atoms with E-state index in [9.17, 15) is 14.7 Å². The van der Waals surface area contributed by atoms with Gasteiger partial charge in [-0.2, -0.15) is 0 Å². The van der Waals surface area contributed by atoms with Crippen LogP contribution in [0.25, 0.3) is 0 Å². The fourth-order valence-electron chi connectivity index (χ4n) is 7.06. The Morgan fingerprint density at radius 1 is 1.08 bits per heavy atom. The van der Waals surface area contributed by atoms with Gasteiger partial charge in [-0.15, -0.1) is 0 Å². The number of β-amino-alcohol motifs (C(OH)–C–C–N with tert-alkyl or cyclic N) is 1. The Bertz CT molecular complexity index is 1130. The van der Waals surface area contributed by atoms with Crippen LogP contribution in [0.4, 0.5) is 10.5 Å². The highest BCUT2D eigenvalue weighted by atomic mass is 16.3. The number of nitrogens with one attached hydrogen (secondary N) is 1. The Hall–Kier alpha value is -2.93. The lowest BCUT2D eigenvalue weighted by atomic mass is 9.60. The topological polar surface area (TPSA) is 85.8 Å². The molecule has 2 heterocycles. The summed E-state index contributed by atoms with van der Waals surface area (Å²) in [5.74, 6) is 0.507. The Morgan fingerprint density at radius 2 is 1.82 bits per heavy atom. The lowest BCUT2D eigenvalue weighted by Crippen LogP contribution is -2.58. The third kappa shape index (κ3) is 5.84. The lowest BCUT2D eigenvalue weighted by molar-refractivity contribution is -0.116. The molecule has 1 unspecified atom stereocenters. The molecule has 210 valence electrons. The summed E-state index contributed by atoms with van der Waals surface area (Å²) >= 11 is 0. The van der Waals surface area contributed by atoms with Crippen molar-refractivity contribution in [1.82, 2.24) is 14.8 Å². The molecule has 1 aromatic heterocycles. The summed E-state index contributed by atoms with van der Waals surface area (Å²) in [6.45, 7) is 6.01. The second-order valence-corrected chi connectivity index (χ2v) is 12.5. The highest BCUT2D eigenvalue weighted by molar-refractivity contribution is 5.91. The molecule has 1 spiro atoms. The van der Waals surface area contributed by atoms with Crippen molar-refractivity contribution in [3.8, 4) is 0 Å². The molecule has 3 aliphatic rings. The van der Waals surface area contributed by atoms with Gasteiger partial charge in [-0.05, 0) is 80.4 Å². The van der Waals surface area contributed by atoms with Crippen molar-refractivity contribution in [3.63, 3.8) is 0 Å². The van der Waals surface area contributed by atoms with Gasteiger partial charge in [-0.25, -0.2) is 4.79 Å². The van der Waals surface area contributed by atoms with E-state index in [1.54, 1.807) is 18.5 Å². The molecule has 3 amide bonds. The third-order valence-corrected chi connectivity index (χ3v) is 9.81. The predicted molar refractivity (Wildman–Crippen MR) is 153 cm³/mol. The summed E-state index contributed by atoms with van der Waals surface area (Å²) in [5, 5.41) is 14.0. The van der Waals surface area contributed by atoms with Crippen molar-refractivity contribution in [2.45, 2.75) is 94.6 Å². The molecule has 1 aromatic carbocycles. The standard InChI is InChI=1S/C32H44N4O3/c1-3-25(2)21-30(26-9-5-4-6-10-26)15-17-31(18-16-30)23-35(29(38)36(31)24-32(39)13-8-14-32)20-12-28(37)34-27-11-7-19-33-22-27/h4-7,9-11,19,22,25,39H,3,8,12-18,20-21,23-24H2,1-2H3,(H,34,37)/t25?,30-,31-. The summed E-state index contributed by atoms with van der Waals surface area (Å²) in [4.78, 5) is 34.4. The van der Waals surface area contributed by atoms with Crippen molar-refractivity contribution in [1.29, 1.82) is 0 Å². The van der Waals surface area contributed by atoms with Crippen LogP contribution in [0, 0.1) is 5.92 Å². The van der Waals surface area contributed by atoms with Crippen LogP contribution in [-0.4, -0.2) is 62.6 Å². The van der Waals surface area contributed by atoms with Gasteiger partial charge in [0.25, 0.3) is 0 Å². The Kier molecular flexibility index (Phi) is 7.99. The second-order valence-electron chi connectivity index (χ2n) is 12.5. The Labute approximate surface area is 233 Å². The van der Waals surface area contributed by atoms with Crippen LogP contribution in [0.5, 0.6) is 0 Å². The number of anilines is 1. The van der Waals surface area contributed by atoms with Gasteiger partial charge < -0.3 is 20.2 Å². The van der Waals surface area contributed by atoms with Gasteiger partial charge in [0.05, 0.1) is 29.6 Å². The molecule has 1 atom stereocenters. The minimum Gasteiger partial charge on any atom is -0.388 e. The van der Waals surface area contributed by atoms with E-state index in [0.29, 0.717) is 31.2 Å². The normalized spacial score (nSPS) is 26.9. The minimum atomic E-state index is -0.777. The number of carbonyl (C=O) groups is 2. The SMILES string of the molecule is CCC(C)C[C@]1(c2ccccc2)CC[C@]2(CC1)CN(CCC(=O)Nc1cccnc1)C(=O)N2CC1(O)CCC1. The summed E-state index contributed by atoms with van der Waals surface area (Å²) in [7, 11) is 0. The molecule has 0 radical (unpaired) electrons. The van der Waals surface area contributed by atoms with Crippen LogP contribution in [-0.2, 0) is 10.2 Å². The Balaban J connectivity index is 1.33. The van der Waals surface area contributed by atoms with Crippen LogP contribution < -0.4 is 5.32 Å². The number of aromatic nitrogens is 1. The molecule has 2 N–H and O–H groups in total. The number of urea groups is 1. The first-order valence-corrected chi connectivity index (χ1v) is 14.8. The van der Waals surface area contributed by atoms with E-state index in [1.807, 2.05) is 15.9 Å². The number of benzene rings is 1. The zero-order valence-electron chi connectivity index (χ0n) is 23.6. The zero-order chi connectivity index (χ0) is 27.5. The maximum Gasteiger partial charge on any atom is 0.320 e. The number of pyridine rings is 1. The summed E-state index contributed by atoms with van der Waals surface area (Å²) in [5.41, 5.74) is 1.11. The molecular formula is C32H44N4O3. The van der Waals surface area contributed by atoms with Gasteiger partial charge in [0.15, 0.2) is 0 Å². The second kappa shape index (κ2) is 11.3. The van der Waals surface area contributed by atoms with Crippen molar-refractivity contribution >= 4 is 17.6 Å². The van der Waals surface area contributed by atoms with Gasteiger partial charge in [0.2, 0.25) is 5.91 Å². The number of hydrogen-bond donors (Lipinski definition) is 2. The molecule has 7 heteroatoms. The van der Waals surface area contributed by atoms with Gasteiger partial charge in [0, 0.05) is 25.7 Å². The maximum atomic E-state index is 13.8. The van der Waals surface area contributed by atoms with E-state index >= 15 is 0 Å². The summed E-state index contributed by atoms with van der Waals surface area (Å²) in [6.07, 6.45) is 12.2. The summed E-state index contributed by atoms with van der Waals surface area (Å²) < 4.78 is 0. The maximum absolute atomic E-state index is 13.8. The third-order valence-electron chi connectivity index (χ3n) is 9.81. The molecule has 5 rings (SSSR count). The first-order valence-electron chi connectivity index (χ1n) is 14.8. The average molecular weight is 533 g/mol. The molecular weight excluding hydrogens is 488 g/mol. The number of nitrogens with zero attached hydrogens (tertiary/aromatic N) is 3. The minimum absolute atomic E-state index is 0.0290. The number of amides is 3. The largest absolute Gasteiger partial charge is 0.388 e. The van der Waals surface area contributed by atoms with Crippen molar-refractivity contribution in [3.05, 3.63) is 60.4 Å². The van der Waals surface area contributed by atoms with Gasteiger partial charge in [0.1, 0.15) is 0 Å². The van der Waals surface area contributed by atoms with E-state index in [4.69, 9.17) is 0 Å². The van der Waals surface area contributed by atoms with Crippen LogP contribution in [0.2, 0.25) is 0 Å². The Morgan fingerprint density at radius 3 is 2.44 bits per heavy atom. The number of aliphatic hydroxyl groups is 1. The predicted octanol–water partition coefficient (Wildman–Crippen LogP) is 5.75. The van der Waals surface area contributed by atoms with E-state index in [-0.39, 0.29) is 29.3 Å². The number of carbonyl (C=O) groups excluding carboxylic acids is 2. The summed E-state index contributed by atoms with van der Waals surface area (Å²) in [6, 6.07) is 14.5. The molecule has 2 saturated carbocycles. The number of rotatable bonds is 10. The lowest BCUT2D eigenvalue weighted by Gasteiger charge is -2.51. The van der Waals surface area contributed by atoms with E-state index in [2.05, 4.69) is 54.5 Å². The first-order chi connectivity index (χ1) is 18.8. The van der Waals surface area contributed by atoms with Crippen molar-refractivity contribution in [2.24, 2.45) is 5.92 Å². The first kappa shape index (κ1) is 27.6. The van der Waals surface area contributed by atoms with E-state index in [1.165, 1.54) is 5.56 Å². The quantitative estimate of drug-likeness (QED) is 0.408. The van der Waals surface area contributed by atoms with Crippen LogP contribution in [0.15, 0.2) is 54.9 Å². The van der Waals surface area contributed by atoms with Crippen LogP contribution in [0.3, 0.4) is 0 Å². The molecule has 2 aliphatic carbocycles. The molecule has 3 fully saturated rings. The molecule has 0 bridgehead atoms. The molecule has 2 aromatic rings.